The van der Waals surface area contributed by atoms with E-state index in [9.17, 15) is 14.4 Å². The van der Waals surface area contributed by atoms with Crippen molar-refractivity contribution in [1.29, 1.82) is 0 Å². The number of aromatic nitrogens is 3. The number of carbonyl (C=O) groups excluding carboxylic acids is 2. The number of imidazole rings is 1. The molecule has 2 aromatic heterocycles. The molecule has 32 heavy (non-hydrogen) atoms. The van der Waals surface area contributed by atoms with Crippen molar-refractivity contribution >= 4 is 11.8 Å². The third kappa shape index (κ3) is 3.53. The number of amides is 2. The van der Waals surface area contributed by atoms with Crippen LogP contribution in [-0.4, -0.2) is 81.2 Å². The van der Waals surface area contributed by atoms with E-state index in [-0.39, 0.29) is 17.4 Å². The Morgan fingerprint density at radius 1 is 1.09 bits per heavy atom. The number of piperidine rings is 1. The lowest BCUT2D eigenvalue weighted by Gasteiger charge is -2.46. The molecular formula is C22H27N5O5. The van der Waals surface area contributed by atoms with Crippen molar-refractivity contribution in [3.63, 3.8) is 0 Å². The van der Waals surface area contributed by atoms with Crippen molar-refractivity contribution in [3.8, 4) is 0 Å². The maximum atomic E-state index is 13.2. The van der Waals surface area contributed by atoms with Gasteiger partial charge in [-0.05, 0) is 6.07 Å². The Hall–Kier alpha value is -2.98. The third-order valence-corrected chi connectivity index (χ3v) is 6.71. The Labute approximate surface area is 185 Å². The van der Waals surface area contributed by atoms with Crippen LogP contribution in [0.2, 0.25) is 0 Å². The lowest BCUT2D eigenvalue weighted by molar-refractivity contribution is -0.182. The predicted molar refractivity (Wildman–Crippen MR) is 113 cm³/mol. The molecule has 1 unspecified atom stereocenters. The van der Waals surface area contributed by atoms with E-state index in [4.69, 9.17) is 9.47 Å². The van der Waals surface area contributed by atoms with Gasteiger partial charge in [-0.1, -0.05) is 6.07 Å². The van der Waals surface area contributed by atoms with Crippen LogP contribution in [0.3, 0.4) is 0 Å². The second kappa shape index (κ2) is 8.18. The van der Waals surface area contributed by atoms with Crippen molar-refractivity contribution in [2.24, 2.45) is 7.05 Å². The molecule has 0 aliphatic carbocycles. The van der Waals surface area contributed by atoms with E-state index in [0.29, 0.717) is 64.5 Å². The Bertz CT molecular complexity index is 1080. The molecule has 3 aliphatic rings. The van der Waals surface area contributed by atoms with E-state index in [1.807, 2.05) is 10.8 Å². The van der Waals surface area contributed by atoms with Crippen LogP contribution < -0.4 is 5.56 Å². The number of morpholine rings is 1. The summed E-state index contributed by atoms with van der Waals surface area (Å²) >= 11 is 0. The molecule has 3 aliphatic heterocycles. The zero-order valence-corrected chi connectivity index (χ0v) is 18.1. The van der Waals surface area contributed by atoms with Crippen molar-refractivity contribution in [3.05, 3.63) is 52.5 Å². The van der Waals surface area contributed by atoms with Crippen molar-refractivity contribution in [1.82, 2.24) is 23.9 Å². The summed E-state index contributed by atoms with van der Waals surface area (Å²) in [6, 6.07) is 4.70. The summed E-state index contributed by atoms with van der Waals surface area (Å²) in [4.78, 5) is 46.2. The van der Waals surface area contributed by atoms with Crippen LogP contribution in [0.15, 0.2) is 35.4 Å². The van der Waals surface area contributed by atoms with Crippen LogP contribution in [-0.2, 0) is 33.5 Å². The minimum Gasteiger partial charge on any atom is -0.378 e. The highest BCUT2D eigenvalue weighted by Gasteiger charge is 2.48. The van der Waals surface area contributed by atoms with E-state index in [1.165, 1.54) is 10.6 Å². The quantitative estimate of drug-likeness (QED) is 0.649. The van der Waals surface area contributed by atoms with Crippen LogP contribution in [0.25, 0.3) is 0 Å². The summed E-state index contributed by atoms with van der Waals surface area (Å²) in [5.41, 5.74) is -0.570. The highest BCUT2D eigenvalue weighted by Crippen LogP contribution is 2.40. The average molecular weight is 441 g/mol. The summed E-state index contributed by atoms with van der Waals surface area (Å²) in [5, 5.41) is 0. The molecule has 10 heteroatoms. The normalized spacial score (nSPS) is 22.6. The predicted octanol–water partition coefficient (Wildman–Crippen LogP) is -0.0291. The summed E-state index contributed by atoms with van der Waals surface area (Å²) < 4.78 is 15.2. The molecule has 2 aromatic rings. The molecule has 1 atom stereocenters. The monoisotopic (exact) mass is 441 g/mol. The first-order valence-electron chi connectivity index (χ1n) is 11.0. The molecule has 0 radical (unpaired) electrons. The fourth-order valence-electron chi connectivity index (χ4n) is 4.87. The molecule has 5 rings (SSSR count). The molecular weight excluding hydrogens is 414 g/mol. The van der Waals surface area contributed by atoms with Gasteiger partial charge in [0.15, 0.2) is 6.10 Å². The van der Waals surface area contributed by atoms with Gasteiger partial charge in [0.05, 0.1) is 19.8 Å². The molecule has 0 N–H and O–H groups in total. The van der Waals surface area contributed by atoms with E-state index in [2.05, 4.69) is 4.98 Å². The van der Waals surface area contributed by atoms with Crippen LogP contribution in [0, 0.1) is 0 Å². The Balaban J connectivity index is 1.35. The number of pyridine rings is 1. The van der Waals surface area contributed by atoms with Gasteiger partial charge in [-0.2, -0.15) is 0 Å². The van der Waals surface area contributed by atoms with Gasteiger partial charge >= 0.3 is 0 Å². The highest BCUT2D eigenvalue weighted by molar-refractivity contribution is 5.92. The topological polar surface area (TPSA) is 98.9 Å². The molecule has 2 amide bonds. The maximum Gasteiger partial charge on any atom is 0.270 e. The molecule has 5 heterocycles. The van der Waals surface area contributed by atoms with Crippen molar-refractivity contribution in [2.75, 3.05) is 39.4 Å². The molecule has 0 aromatic carbocycles. The van der Waals surface area contributed by atoms with Gasteiger partial charge in [-0.25, -0.2) is 4.98 Å². The number of fused-ring (bicyclic) bond motifs is 2. The first kappa shape index (κ1) is 20.9. The molecule has 0 bridgehead atoms. The van der Waals surface area contributed by atoms with Gasteiger partial charge in [0.25, 0.3) is 17.4 Å². The standard InChI is InChI=1S/C22H27N5O5/c1-24-16(3-2-4-18(24)28)19(29)25-8-5-22(6-9-25)21-23-7-10-27(21)15-17(32-22)20(30)26-11-13-31-14-12-26/h2-4,7,10,17H,5-6,8-9,11-15H2,1H3. The molecule has 170 valence electrons. The smallest absolute Gasteiger partial charge is 0.270 e. The number of hydrogen-bond donors (Lipinski definition) is 0. The summed E-state index contributed by atoms with van der Waals surface area (Å²) in [6.07, 6.45) is 4.09. The SMILES string of the molecule is Cn1c(C(=O)N2CCC3(CC2)OC(C(=O)N2CCOCC2)Cn2ccnc23)cccc1=O. The number of likely N-dealkylation sites (tertiary alicyclic amines) is 1. The van der Waals surface area contributed by atoms with Gasteiger partial charge in [0.2, 0.25) is 0 Å². The van der Waals surface area contributed by atoms with Crippen LogP contribution in [0.4, 0.5) is 0 Å². The van der Waals surface area contributed by atoms with Gasteiger partial charge in [-0.15, -0.1) is 0 Å². The molecule has 0 saturated carbocycles. The van der Waals surface area contributed by atoms with E-state index < -0.39 is 11.7 Å². The third-order valence-electron chi connectivity index (χ3n) is 6.71. The zero-order chi connectivity index (χ0) is 22.3. The second-order valence-electron chi connectivity index (χ2n) is 8.54. The largest absolute Gasteiger partial charge is 0.378 e. The lowest BCUT2D eigenvalue weighted by Crippen LogP contribution is -2.56. The Morgan fingerprint density at radius 2 is 1.84 bits per heavy atom. The second-order valence-corrected chi connectivity index (χ2v) is 8.54. The number of hydrogen-bond acceptors (Lipinski definition) is 6. The average Bonchev–Trinajstić information content (AvgIpc) is 3.31. The van der Waals surface area contributed by atoms with Gasteiger partial charge in [-0.3, -0.25) is 14.4 Å². The van der Waals surface area contributed by atoms with E-state index in [1.54, 1.807) is 35.2 Å². The molecule has 10 nitrogen and oxygen atoms in total. The maximum absolute atomic E-state index is 13.2. The van der Waals surface area contributed by atoms with Crippen LogP contribution in [0.1, 0.15) is 29.2 Å². The minimum absolute atomic E-state index is 0.0233. The number of nitrogens with zero attached hydrogens (tertiary/aromatic N) is 5. The summed E-state index contributed by atoms with van der Waals surface area (Å²) in [7, 11) is 1.60. The Morgan fingerprint density at radius 3 is 2.59 bits per heavy atom. The van der Waals surface area contributed by atoms with E-state index in [0.717, 1.165) is 5.82 Å². The highest BCUT2D eigenvalue weighted by atomic mass is 16.5. The molecule has 2 fully saturated rings. The zero-order valence-electron chi connectivity index (χ0n) is 18.1. The Kier molecular flexibility index (Phi) is 5.34. The number of carbonyl (C=O) groups is 2. The van der Waals surface area contributed by atoms with Crippen molar-refractivity contribution in [2.45, 2.75) is 31.1 Å². The van der Waals surface area contributed by atoms with E-state index >= 15 is 0 Å². The van der Waals surface area contributed by atoms with Crippen LogP contribution in [0.5, 0.6) is 0 Å². The minimum atomic E-state index is -0.715. The van der Waals surface area contributed by atoms with Crippen molar-refractivity contribution < 1.29 is 19.1 Å². The first-order valence-corrected chi connectivity index (χ1v) is 11.0. The van der Waals surface area contributed by atoms with Crippen LogP contribution >= 0.6 is 0 Å². The number of rotatable bonds is 2. The first-order chi connectivity index (χ1) is 15.5. The molecule has 2 saturated heterocycles. The lowest BCUT2D eigenvalue weighted by atomic mass is 9.88. The number of ether oxygens (including phenoxy) is 2. The van der Waals surface area contributed by atoms with Gasteiger partial charge in [0.1, 0.15) is 17.1 Å². The summed E-state index contributed by atoms with van der Waals surface area (Å²) in [5.74, 6) is 0.604. The fourth-order valence-corrected chi connectivity index (χ4v) is 4.87. The van der Waals surface area contributed by atoms with Gasteiger partial charge in [0, 0.05) is 64.5 Å². The molecule has 1 spiro atoms. The fraction of sp³-hybridized carbons (Fsp3) is 0.545. The van der Waals surface area contributed by atoms with Gasteiger partial charge < -0.3 is 28.4 Å². The summed E-state index contributed by atoms with van der Waals surface area (Å²) in [6.45, 7) is 3.56.